The Bertz CT molecular complexity index is 782. The van der Waals surface area contributed by atoms with Gasteiger partial charge in [0.2, 0.25) is 5.91 Å². The molecule has 0 atom stereocenters. The number of rotatable bonds is 2. The maximum Gasteiger partial charge on any atom is 0.287 e. The SMILES string of the molecule is O=C1N=c2ccccc2=CC1=C=NNC(=O)C1CCCCC1. The zero-order valence-electron chi connectivity index (χ0n) is 12.2. The first-order valence-electron chi connectivity index (χ1n) is 7.56. The van der Waals surface area contributed by atoms with E-state index in [-0.39, 0.29) is 17.4 Å². The van der Waals surface area contributed by atoms with Crippen LogP contribution in [0.25, 0.3) is 6.08 Å². The van der Waals surface area contributed by atoms with Crippen molar-refractivity contribution in [2.45, 2.75) is 32.1 Å². The number of fused-ring (bicyclic) bond motifs is 1. The van der Waals surface area contributed by atoms with Gasteiger partial charge in [0, 0.05) is 17.0 Å². The number of carbonyl (C=O) groups is 2. The van der Waals surface area contributed by atoms with E-state index in [1.54, 1.807) is 12.1 Å². The summed E-state index contributed by atoms with van der Waals surface area (Å²) < 4.78 is 0. The molecule has 0 unspecified atom stereocenters. The standard InChI is InChI=1S/C17H17N3O2/c21-16-14(10-13-8-4-5-9-15(13)19-16)11-18-20-17(22)12-6-2-1-3-7-12/h4-5,8-10,12H,1-3,6-7H2,(H,20,22). The third-order valence-electron chi connectivity index (χ3n) is 4.01. The Hall–Kier alpha value is -2.52. The summed E-state index contributed by atoms with van der Waals surface area (Å²) >= 11 is 0. The first kappa shape index (κ1) is 14.4. The lowest BCUT2D eigenvalue weighted by molar-refractivity contribution is -0.125. The molecule has 0 radical (unpaired) electrons. The second-order valence-electron chi connectivity index (χ2n) is 5.57. The van der Waals surface area contributed by atoms with Crippen molar-refractivity contribution >= 4 is 23.8 Å². The monoisotopic (exact) mass is 295 g/mol. The van der Waals surface area contributed by atoms with Crippen molar-refractivity contribution in [3.05, 3.63) is 40.4 Å². The maximum atomic E-state index is 11.9. The first-order valence-corrected chi connectivity index (χ1v) is 7.56. The van der Waals surface area contributed by atoms with Gasteiger partial charge in [0.15, 0.2) is 0 Å². The topological polar surface area (TPSA) is 70.9 Å². The van der Waals surface area contributed by atoms with E-state index in [9.17, 15) is 9.59 Å². The molecule has 0 bridgehead atoms. The van der Waals surface area contributed by atoms with Crippen molar-refractivity contribution in [1.82, 2.24) is 5.43 Å². The summed E-state index contributed by atoms with van der Waals surface area (Å²) in [6.07, 6.45) is 6.87. The van der Waals surface area contributed by atoms with E-state index < -0.39 is 5.91 Å². The summed E-state index contributed by atoms with van der Waals surface area (Å²) in [6.45, 7) is 0. The first-order chi connectivity index (χ1) is 10.7. The van der Waals surface area contributed by atoms with Crippen LogP contribution >= 0.6 is 0 Å². The predicted molar refractivity (Wildman–Crippen MR) is 82.4 cm³/mol. The van der Waals surface area contributed by atoms with E-state index in [1.807, 2.05) is 18.2 Å². The quantitative estimate of drug-likeness (QED) is 0.499. The Balaban J connectivity index is 1.76. The Morgan fingerprint density at radius 2 is 2.00 bits per heavy atom. The predicted octanol–water partition coefficient (Wildman–Crippen LogP) is 0.834. The fourth-order valence-corrected chi connectivity index (χ4v) is 2.78. The third-order valence-corrected chi connectivity index (χ3v) is 4.01. The summed E-state index contributed by atoms with van der Waals surface area (Å²) in [6, 6.07) is 7.35. The highest BCUT2D eigenvalue weighted by Gasteiger charge is 2.20. The molecule has 2 aliphatic rings. The van der Waals surface area contributed by atoms with E-state index in [0.717, 1.165) is 30.9 Å². The molecule has 3 rings (SSSR count). The van der Waals surface area contributed by atoms with Crippen molar-refractivity contribution in [3.8, 4) is 0 Å². The summed E-state index contributed by atoms with van der Waals surface area (Å²) in [5.74, 6) is 2.14. The van der Waals surface area contributed by atoms with Crippen LogP contribution in [0.1, 0.15) is 32.1 Å². The average Bonchev–Trinajstić information content (AvgIpc) is 2.56. The van der Waals surface area contributed by atoms with Gasteiger partial charge in [-0.1, -0.05) is 37.5 Å². The normalized spacial score (nSPS) is 17.6. The number of carbonyl (C=O) groups excluding carboxylic acids is 2. The molecule has 1 aliphatic carbocycles. The van der Waals surface area contributed by atoms with E-state index >= 15 is 0 Å². The van der Waals surface area contributed by atoms with Gasteiger partial charge in [0.25, 0.3) is 5.91 Å². The number of hydrogen-bond donors (Lipinski definition) is 1. The van der Waals surface area contributed by atoms with Crippen LogP contribution in [0, 0.1) is 5.92 Å². The van der Waals surface area contributed by atoms with E-state index in [1.165, 1.54) is 6.42 Å². The number of hydrazone groups is 1. The molecule has 1 aliphatic heterocycles. The van der Waals surface area contributed by atoms with Gasteiger partial charge in [-0.2, -0.15) is 0 Å². The van der Waals surface area contributed by atoms with Crippen LogP contribution < -0.4 is 16.0 Å². The molecule has 0 spiro atoms. The fraction of sp³-hybridized carbons (Fsp3) is 0.353. The molecule has 1 fully saturated rings. The highest BCUT2D eigenvalue weighted by molar-refractivity contribution is 6.10. The molecule has 5 nitrogen and oxygen atoms in total. The van der Waals surface area contributed by atoms with Gasteiger partial charge in [-0.15, -0.1) is 5.10 Å². The summed E-state index contributed by atoms with van der Waals surface area (Å²) in [7, 11) is 0. The number of benzene rings is 1. The van der Waals surface area contributed by atoms with Crippen LogP contribution in [0.15, 0.2) is 39.9 Å². The highest BCUT2D eigenvalue weighted by Crippen LogP contribution is 2.23. The van der Waals surface area contributed by atoms with Crippen LogP contribution in [0.4, 0.5) is 0 Å². The molecule has 1 saturated carbocycles. The van der Waals surface area contributed by atoms with E-state index in [2.05, 4.69) is 21.4 Å². The van der Waals surface area contributed by atoms with E-state index in [4.69, 9.17) is 0 Å². The number of nitrogens with one attached hydrogen (secondary N) is 1. The Labute approximate surface area is 128 Å². The van der Waals surface area contributed by atoms with E-state index in [0.29, 0.717) is 5.36 Å². The minimum absolute atomic E-state index is 0.0285. The second kappa shape index (κ2) is 6.50. The van der Waals surface area contributed by atoms with Gasteiger partial charge in [0.05, 0.1) is 5.36 Å². The molecule has 2 amide bonds. The average molecular weight is 295 g/mol. The van der Waals surface area contributed by atoms with Gasteiger partial charge in [-0.3, -0.25) is 9.59 Å². The minimum atomic E-state index is -0.394. The Kier molecular flexibility index (Phi) is 4.26. The van der Waals surface area contributed by atoms with Gasteiger partial charge >= 0.3 is 0 Å². The van der Waals surface area contributed by atoms with Crippen molar-refractivity contribution in [1.29, 1.82) is 0 Å². The van der Waals surface area contributed by atoms with Crippen molar-refractivity contribution < 1.29 is 9.59 Å². The zero-order chi connectivity index (χ0) is 15.4. The highest BCUT2D eigenvalue weighted by atomic mass is 16.2. The van der Waals surface area contributed by atoms with Crippen LogP contribution in [0.5, 0.6) is 0 Å². The summed E-state index contributed by atoms with van der Waals surface area (Å²) in [5, 5.41) is 5.28. The fourth-order valence-electron chi connectivity index (χ4n) is 2.78. The molecule has 0 saturated heterocycles. The van der Waals surface area contributed by atoms with Crippen molar-refractivity contribution in [2.75, 3.05) is 0 Å². The van der Waals surface area contributed by atoms with Crippen molar-refractivity contribution in [3.63, 3.8) is 0 Å². The van der Waals surface area contributed by atoms with Crippen LogP contribution in [-0.4, -0.2) is 17.7 Å². The van der Waals surface area contributed by atoms with Gasteiger partial charge in [0.1, 0.15) is 5.57 Å². The number of hydrogen-bond acceptors (Lipinski definition) is 3. The lowest BCUT2D eigenvalue weighted by Gasteiger charge is -2.18. The Morgan fingerprint density at radius 1 is 1.23 bits per heavy atom. The molecule has 112 valence electrons. The molecule has 1 aromatic rings. The molecular weight excluding hydrogens is 278 g/mol. The number of para-hydroxylation sites is 1. The van der Waals surface area contributed by atoms with Gasteiger partial charge < -0.3 is 0 Å². The van der Waals surface area contributed by atoms with Crippen molar-refractivity contribution in [2.24, 2.45) is 16.0 Å². The number of nitrogens with zero attached hydrogens (tertiary/aromatic N) is 2. The van der Waals surface area contributed by atoms with Crippen LogP contribution in [0.3, 0.4) is 0 Å². The molecule has 1 heterocycles. The second-order valence-corrected chi connectivity index (χ2v) is 5.57. The molecule has 1 aromatic carbocycles. The minimum Gasteiger partial charge on any atom is -0.273 e. The molecule has 0 aromatic heterocycles. The van der Waals surface area contributed by atoms with Gasteiger partial charge in [-0.25, -0.2) is 10.4 Å². The lowest BCUT2D eigenvalue weighted by atomic mass is 9.89. The molecular formula is C17H17N3O2. The number of amides is 2. The van der Waals surface area contributed by atoms with Crippen LogP contribution in [-0.2, 0) is 9.59 Å². The summed E-state index contributed by atoms with van der Waals surface area (Å²) in [4.78, 5) is 27.8. The molecule has 22 heavy (non-hydrogen) atoms. The zero-order valence-corrected chi connectivity index (χ0v) is 12.2. The Morgan fingerprint density at radius 3 is 2.82 bits per heavy atom. The summed E-state index contributed by atoms with van der Waals surface area (Å²) in [5.41, 5.74) is 2.74. The van der Waals surface area contributed by atoms with Crippen LogP contribution in [0.2, 0.25) is 0 Å². The third kappa shape index (κ3) is 3.21. The maximum absolute atomic E-state index is 11.9. The molecule has 1 N–H and O–H groups in total. The van der Waals surface area contributed by atoms with Gasteiger partial charge in [-0.05, 0) is 25.0 Å². The smallest absolute Gasteiger partial charge is 0.273 e. The lowest BCUT2D eigenvalue weighted by Crippen LogP contribution is -2.30. The molecule has 5 heteroatoms. The largest absolute Gasteiger partial charge is 0.287 e.